The van der Waals surface area contributed by atoms with Gasteiger partial charge in [0, 0.05) is 93.8 Å². The van der Waals surface area contributed by atoms with Crippen LogP contribution in [0.3, 0.4) is 0 Å². The SMILES string of the molecule is COc1nc(-c2ccnc(-c3cccc(NC(=O)c4nc5c(n4C)CCN(C[C@H]4CCO4)C5)c3Cl)c2Cl)ccc1CNC[C@@H]1CCC(=O)N1. The van der Waals surface area contributed by atoms with Crippen molar-refractivity contribution in [1.82, 2.24) is 35.1 Å². The van der Waals surface area contributed by atoms with E-state index in [0.29, 0.717) is 76.0 Å². The summed E-state index contributed by atoms with van der Waals surface area (Å²) in [5.74, 6) is 0.534. The number of hydrogen-bond donors (Lipinski definition) is 3. The van der Waals surface area contributed by atoms with E-state index in [1.807, 2.05) is 29.8 Å². The van der Waals surface area contributed by atoms with Gasteiger partial charge in [-0.1, -0.05) is 41.4 Å². The zero-order valence-corrected chi connectivity index (χ0v) is 28.9. The van der Waals surface area contributed by atoms with Crippen LogP contribution in [-0.4, -0.2) is 81.7 Å². The lowest BCUT2D eigenvalue weighted by Gasteiger charge is -2.34. The van der Waals surface area contributed by atoms with Crippen LogP contribution in [-0.2, 0) is 36.1 Å². The second kappa shape index (κ2) is 14.4. The van der Waals surface area contributed by atoms with Gasteiger partial charge in [0.15, 0.2) is 5.82 Å². The summed E-state index contributed by atoms with van der Waals surface area (Å²) < 4.78 is 13.1. The number of rotatable bonds is 11. The van der Waals surface area contributed by atoms with Gasteiger partial charge < -0.3 is 30.0 Å². The van der Waals surface area contributed by atoms with E-state index in [1.165, 1.54) is 0 Å². The number of fused-ring (bicyclic) bond motifs is 1. The third kappa shape index (κ3) is 7.01. The predicted octanol–water partition coefficient (Wildman–Crippen LogP) is 4.63. The molecule has 3 aliphatic rings. The van der Waals surface area contributed by atoms with Crippen molar-refractivity contribution >= 4 is 40.7 Å². The Labute approximate surface area is 294 Å². The monoisotopic (exact) mass is 704 g/mol. The van der Waals surface area contributed by atoms with Crippen LogP contribution in [0.1, 0.15) is 46.8 Å². The molecule has 2 saturated heterocycles. The quantitative estimate of drug-likeness (QED) is 0.204. The second-order valence-corrected chi connectivity index (χ2v) is 13.4. The van der Waals surface area contributed by atoms with Crippen molar-refractivity contribution in [3.8, 4) is 28.4 Å². The highest BCUT2D eigenvalue weighted by atomic mass is 35.5. The number of carbonyl (C=O) groups excluding carboxylic acids is 2. The number of anilines is 1. The lowest BCUT2D eigenvalue weighted by atomic mass is 10.1. The minimum absolute atomic E-state index is 0.0895. The summed E-state index contributed by atoms with van der Waals surface area (Å²) in [6.07, 6.45) is 5.23. The van der Waals surface area contributed by atoms with E-state index in [4.69, 9.17) is 42.6 Å². The summed E-state index contributed by atoms with van der Waals surface area (Å²) in [5.41, 5.74) is 5.55. The van der Waals surface area contributed by atoms with Crippen LogP contribution in [0.4, 0.5) is 5.69 Å². The van der Waals surface area contributed by atoms with Crippen LogP contribution >= 0.6 is 23.2 Å². The molecular formula is C35H38Cl2N8O4. The second-order valence-electron chi connectivity index (χ2n) is 12.6. The third-order valence-electron chi connectivity index (χ3n) is 9.38. The number of hydrogen-bond acceptors (Lipinski definition) is 9. The van der Waals surface area contributed by atoms with Crippen LogP contribution in [0.15, 0.2) is 42.6 Å². The van der Waals surface area contributed by atoms with Gasteiger partial charge in [-0.05, 0) is 31.0 Å². The molecule has 3 aromatic heterocycles. The van der Waals surface area contributed by atoms with Gasteiger partial charge in [-0.2, -0.15) is 0 Å². The minimum Gasteiger partial charge on any atom is -0.481 e. The Morgan fingerprint density at radius 1 is 1.10 bits per heavy atom. The first-order chi connectivity index (χ1) is 23.8. The van der Waals surface area contributed by atoms with Crippen LogP contribution in [0.5, 0.6) is 5.88 Å². The molecule has 0 saturated carbocycles. The van der Waals surface area contributed by atoms with Gasteiger partial charge in [-0.15, -0.1) is 0 Å². The van der Waals surface area contributed by atoms with Crippen LogP contribution < -0.4 is 20.7 Å². The molecular weight excluding hydrogens is 667 g/mol. The maximum atomic E-state index is 13.5. The Morgan fingerprint density at radius 2 is 1.96 bits per heavy atom. The molecule has 14 heteroatoms. The fraction of sp³-hybridized carbons (Fsp3) is 0.400. The summed E-state index contributed by atoms with van der Waals surface area (Å²) in [6.45, 7) is 4.50. The van der Waals surface area contributed by atoms with Crippen molar-refractivity contribution in [3.63, 3.8) is 0 Å². The van der Waals surface area contributed by atoms with E-state index in [9.17, 15) is 9.59 Å². The van der Waals surface area contributed by atoms with Gasteiger partial charge in [-0.3, -0.25) is 19.5 Å². The number of ether oxygens (including phenoxy) is 2. The highest BCUT2D eigenvalue weighted by Crippen LogP contribution is 2.40. The number of methoxy groups -OCH3 is 1. The Bertz CT molecular complexity index is 1900. The van der Waals surface area contributed by atoms with Gasteiger partial charge in [0.05, 0.1) is 46.0 Å². The smallest absolute Gasteiger partial charge is 0.291 e. The van der Waals surface area contributed by atoms with Crippen LogP contribution in [0.25, 0.3) is 22.5 Å². The average Bonchev–Trinajstić information content (AvgIpc) is 3.65. The molecule has 12 nitrogen and oxygen atoms in total. The van der Waals surface area contributed by atoms with E-state index in [0.717, 1.165) is 55.9 Å². The highest BCUT2D eigenvalue weighted by Gasteiger charge is 2.29. The van der Waals surface area contributed by atoms with Crippen molar-refractivity contribution in [2.45, 2.75) is 50.9 Å². The fourth-order valence-electron chi connectivity index (χ4n) is 6.62. The lowest BCUT2D eigenvalue weighted by Crippen LogP contribution is -2.42. The normalized spacial score (nSPS) is 18.9. The first kappa shape index (κ1) is 33.4. The van der Waals surface area contributed by atoms with E-state index in [2.05, 4.69) is 25.8 Å². The average molecular weight is 706 g/mol. The molecule has 3 aliphatic heterocycles. The summed E-state index contributed by atoms with van der Waals surface area (Å²) in [5, 5.41) is 9.96. The van der Waals surface area contributed by atoms with E-state index < -0.39 is 0 Å². The Hall–Kier alpha value is -4.07. The van der Waals surface area contributed by atoms with Gasteiger partial charge in [0.1, 0.15) is 0 Å². The van der Waals surface area contributed by atoms with Crippen molar-refractivity contribution < 1.29 is 19.1 Å². The molecule has 2 atom stereocenters. The predicted molar refractivity (Wildman–Crippen MR) is 187 cm³/mol. The van der Waals surface area contributed by atoms with E-state index >= 15 is 0 Å². The maximum Gasteiger partial charge on any atom is 0.291 e. The number of carbonyl (C=O) groups is 2. The molecule has 2 amide bonds. The van der Waals surface area contributed by atoms with E-state index in [1.54, 1.807) is 31.5 Å². The summed E-state index contributed by atoms with van der Waals surface area (Å²) in [4.78, 5) is 41.4. The molecule has 3 N–H and O–H groups in total. The molecule has 0 radical (unpaired) electrons. The van der Waals surface area contributed by atoms with Gasteiger partial charge in [0.2, 0.25) is 11.8 Å². The summed E-state index contributed by atoms with van der Waals surface area (Å²) >= 11 is 13.9. The molecule has 4 aromatic rings. The fourth-order valence-corrected chi connectivity index (χ4v) is 7.19. The number of nitrogens with one attached hydrogen (secondary N) is 3. The molecule has 0 bridgehead atoms. The topological polar surface area (TPSA) is 136 Å². The van der Waals surface area contributed by atoms with Crippen molar-refractivity contribution in [2.24, 2.45) is 7.05 Å². The number of imidazole rings is 1. The first-order valence-corrected chi connectivity index (χ1v) is 17.2. The Kier molecular flexibility index (Phi) is 9.84. The standard InChI is InChI=1S/C35H38Cl2N8O4/c1-44-28-11-14-45(18-22-12-15-49-22)19-27(28)41-33(44)34(47)42-26-5-3-4-24(30(26)36)32-31(37)23(10-13-39-32)25-8-6-20(35(43-25)48-2)16-38-17-21-7-9-29(46)40-21/h3-6,8,10,13,21-22,38H,7,9,11-12,14-19H2,1-2H3,(H,40,46)(H,42,47)/t21-,22+/m0/s1. The van der Waals surface area contributed by atoms with Crippen LogP contribution in [0, 0.1) is 0 Å². The zero-order chi connectivity index (χ0) is 34.1. The molecule has 1 aromatic carbocycles. The molecule has 256 valence electrons. The van der Waals surface area contributed by atoms with Crippen molar-refractivity contribution in [2.75, 3.05) is 38.7 Å². The van der Waals surface area contributed by atoms with Crippen molar-refractivity contribution in [1.29, 1.82) is 0 Å². The Balaban J connectivity index is 1.07. The van der Waals surface area contributed by atoms with Crippen LogP contribution in [0.2, 0.25) is 10.0 Å². The third-order valence-corrected chi connectivity index (χ3v) is 10.2. The maximum absolute atomic E-state index is 13.5. The zero-order valence-electron chi connectivity index (χ0n) is 27.4. The van der Waals surface area contributed by atoms with Crippen molar-refractivity contribution in [3.05, 3.63) is 75.4 Å². The molecule has 0 aliphatic carbocycles. The summed E-state index contributed by atoms with van der Waals surface area (Å²) in [6, 6.07) is 11.1. The molecule has 2 fully saturated rings. The number of aromatic nitrogens is 4. The minimum atomic E-state index is -0.350. The number of halogens is 2. The number of nitrogens with zero attached hydrogens (tertiary/aromatic N) is 5. The number of pyridine rings is 2. The molecule has 6 heterocycles. The Morgan fingerprint density at radius 3 is 2.71 bits per heavy atom. The molecule has 0 spiro atoms. The van der Waals surface area contributed by atoms with E-state index in [-0.39, 0.29) is 24.0 Å². The van der Waals surface area contributed by atoms with Gasteiger partial charge in [-0.25, -0.2) is 9.97 Å². The lowest BCUT2D eigenvalue weighted by molar-refractivity contribution is -0.119. The molecule has 0 unspecified atom stereocenters. The largest absolute Gasteiger partial charge is 0.481 e. The summed E-state index contributed by atoms with van der Waals surface area (Å²) in [7, 11) is 3.45. The number of amides is 2. The molecule has 7 rings (SSSR count). The first-order valence-electron chi connectivity index (χ1n) is 16.5. The van der Waals surface area contributed by atoms with Gasteiger partial charge in [0.25, 0.3) is 5.91 Å². The number of benzene rings is 1. The molecule has 49 heavy (non-hydrogen) atoms. The van der Waals surface area contributed by atoms with Gasteiger partial charge >= 0.3 is 0 Å². The highest BCUT2D eigenvalue weighted by molar-refractivity contribution is 6.39.